The van der Waals surface area contributed by atoms with E-state index in [1.54, 1.807) is 18.2 Å². The van der Waals surface area contributed by atoms with Crippen molar-refractivity contribution in [1.82, 2.24) is 15.3 Å². The fraction of sp³-hybridized carbons (Fsp3) is 0.500. The van der Waals surface area contributed by atoms with Crippen LogP contribution in [0, 0.1) is 17.0 Å². The Balaban J connectivity index is 1.93. The van der Waals surface area contributed by atoms with Gasteiger partial charge in [-0.1, -0.05) is 17.7 Å². The Bertz CT molecular complexity index is 915. The molecule has 2 heterocycles. The monoisotopic (exact) mass is 418 g/mol. The Morgan fingerprint density at radius 1 is 1.17 bits per heavy atom. The van der Waals surface area contributed by atoms with Crippen LogP contribution < -0.4 is 16.0 Å². The first-order valence-corrected chi connectivity index (χ1v) is 9.93. The van der Waals surface area contributed by atoms with Gasteiger partial charge in [0.15, 0.2) is 0 Å². The number of anilines is 3. The third-order valence-electron chi connectivity index (χ3n) is 5.06. The first-order valence-electron chi connectivity index (χ1n) is 9.55. The Kier molecular flexibility index (Phi) is 5.69. The smallest absolute Gasteiger partial charge is 0.353 e. The van der Waals surface area contributed by atoms with Gasteiger partial charge < -0.3 is 16.0 Å². The van der Waals surface area contributed by atoms with Crippen molar-refractivity contribution in [3.8, 4) is 0 Å². The highest BCUT2D eigenvalue weighted by molar-refractivity contribution is 6.31. The first-order chi connectivity index (χ1) is 13.5. The summed E-state index contributed by atoms with van der Waals surface area (Å²) in [7, 11) is 0. The molecule has 0 amide bonds. The molecule has 0 unspecified atom stereocenters. The Morgan fingerprint density at radius 2 is 1.79 bits per heavy atom. The zero-order valence-electron chi connectivity index (χ0n) is 17.3. The largest absolute Gasteiger partial charge is 0.361 e. The summed E-state index contributed by atoms with van der Waals surface area (Å²) >= 11 is 6.17. The van der Waals surface area contributed by atoms with Gasteiger partial charge in [-0.15, -0.1) is 0 Å². The van der Waals surface area contributed by atoms with E-state index in [1.807, 2.05) is 6.92 Å². The number of nitrogens with zero attached hydrogens (tertiary/aromatic N) is 3. The Morgan fingerprint density at radius 3 is 2.41 bits per heavy atom. The molecule has 29 heavy (non-hydrogen) atoms. The molecular formula is C20H27ClN6O2. The van der Waals surface area contributed by atoms with Crippen molar-refractivity contribution in [3.63, 3.8) is 0 Å². The molecule has 1 saturated heterocycles. The number of halogens is 1. The van der Waals surface area contributed by atoms with E-state index in [4.69, 9.17) is 11.6 Å². The maximum Gasteiger partial charge on any atom is 0.353 e. The number of hydrogen-bond donors (Lipinski definition) is 3. The summed E-state index contributed by atoms with van der Waals surface area (Å²) in [4.78, 5) is 19.7. The molecule has 1 aromatic heterocycles. The predicted molar refractivity (Wildman–Crippen MR) is 116 cm³/mol. The number of nitrogens with one attached hydrogen (secondary N) is 3. The standard InChI is InChI=1S/C20H27ClN6O2/c1-12-14(21)7-6-8-15(12)25-18-16(27(28)29)17(22-11-23-18)24-13-9-19(2,3)26-20(4,5)10-13/h6-8,11,13,26H,9-10H2,1-5H3,(H2,22,23,24,25). The summed E-state index contributed by atoms with van der Waals surface area (Å²) < 4.78 is 0. The Labute approximate surface area is 175 Å². The van der Waals surface area contributed by atoms with Gasteiger partial charge in [-0.2, -0.15) is 0 Å². The second kappa shape index (κ2) is 7.76. The fourth-order valence-corrected chi connectivity index (χ4v) is 4.41. The Hall–Kier alpha value is -2.45. The molecule has 0 atom stereocenters. The van der Waals surface area contributed by atoms with Crippen LogP contribution >= 0.6 is 11.6 Å². The number of hydrogen-bond acceptors (Lipinski definition) is 7. The lowest BCUT2D eigenvalue weighted by Crippen LogP contribution is -2.60. The highest BCUT2D eigenvalue weighted by Crippen LogP contribution is 2.36. The highest BCUT2D eigenvalue weighted by atomic mass is 35.5. The zero-order valence-corrected chi connectivity index (χ0v) is 18.1. The van der Waals surface area contributed by atoms with Crippen LogP contribution in [0.1, 0.15) is 46.1 Å². The van der Waals surface area contributed by atoms with Crippen LogP contribution in [-0.2, 0) is 0 Å². The van der Waals surface area contributed by atoms with Crippen molar-refractivity contribution in [3.05, 3.63) is 45.2 Å². The molecule has 8 nitrogen and oxygen atoms in total. The van der Waals surface area contributed by atoms with Crippen LogP contribution in [0.5, 0.6) is 0 Å². The van der Waals surface area contributed by atoms with E-state index in [-0.39, 0.29) is 34.4 Å². The van der Waals surface area contributed by atoms with Gasteiger partial charge in [0.25, 0.3) is 0 Å². The van der Waals surface area contributed by atoms with E-state index in [0.29, 0.717) is 10.7 Å². The number of benzene rings is 1. The van der Waals surface area contributed by atoms with Gasteiger partial charge in [-0.25, -0.2) is 9.97 Å². The summed E-state index contributed by atoms with van der Waals surface area (Å²) in [5.74, 6) is 0.344. The molecule has 156 valence electrons. The van der Waals surface area contributed by atoms with Gasteiger partial charge in [0.1, 0.15) is 6.33 Å². The number of nitro groups is 1. The van der Waals surface area contributed by atoms with E-state index in [2.05, 4.69) is 53.6 Å². The minimum Gasteiger partial charge on any atom is -0.361 e. The molecule has 1 aromatic carbocycles. The van der Waals surface area contributed by atoms with Crippen LogP contribution in [-0.4, -0.2) is 32.0 Å². The summed E-state index contributed by atoms with van der Waals surface area (Å²) in [6, 6.07) is 5.39. The zero-order chi connectivity index (χ0) is 21.4. The third-order valence-corrected chi connectivity index (χ3v) is 5.47. The van der Waals surface area contributed by atoms with E-state index in [9.17, 15) is 10.1 Å². The topological polar surface area (TPSA) is 105 Å². The summed E-state index contributed by atoms with van der Waals surface area (Å²) in [5, 5.41) is 22.4. The molecule has 9 heteroatoms. The van der Waals surface area contributed by atoms with Crippen molar-refractivity contribution in [2.45, 2.75) is 64.6 Å². The lowest BCUT2D eigenvalue weighted by Gasteiger charge is -2.46. The number of aromatic nitrogens is 2. The van der Waals surface area contributed by atoms with Crippen LogP contribution in [0.4, 0.5) is 23.0 Å². The second-order valence-electron chi connectivity index (χ2n) is 8.86. The van der Waals surface area contributed by atoms with Gasteiger partial charge in [0.05, 0.1) is 4.92 Å². The molecular weight excluding hydrogens is 392 g/mol. The second-order valence-corrected chi connectivity index (χ2v) is 9.26. The van der Waals surface area contributed by atoms with Crippen LogP contribution in [0.25, 0.3) is 0 Å². The molecule has 3 N–H and O–H groups in total. The normalized spacial score (nSPS) is 18.3. The molecule has 3 rings (SSSR count). The predicted octanol–water partition coefficient (Wildman–Crippen LogP) is 4.81. The van der Waals surface area contributed by atoms with Gasteiger partial charge in [0, 0.05) is 27.8 Å². The van der Waals surface area contributed by atoms with Crippen molar-refractivity contribution in [2.75, 3.05) is 10.6 Å². The lowest BCUT2D eigenvalue weighted by molar-refractivity contribution is -0.383. The lowest BCUT2D eigenvalue weighted by atomic mass is 9.79. The summed E-state index contributed by atoms with van der Waals surface area (Å²) in [6.45, 7) is 10.4. The SMILES string of the molecule is Cc1c(Cl)cccc1Nc1ncnc(NC2CC(C)(C)NC(C)(C)C2)c1[N+](=O)[O-]. The van der Waals surface area contributed by atoms with Crippen molar-refractivity contribution >= 4 is 34.6 Å². The number of rotatable bonds is 5. The maximum absolute atomic E-state index is 11.9. The van der Waals surface area contributed by atoms with Gasteiger partial charge in [-0.3, -0.25) is 10.1 Å². The molecule has 2 aromatic rings. The van der Waals surface area contributed by atoms with E-state index in [0.717, 1.165) is 18.4 Å². The number of piperidine rings is 1. The molecule has 0 saturated carbocycles. The average Bonchev–Trinajstić information content (AvgIpc) is 2.56. The fourth-order valence-electron chi connectivity index (χ4n) is 4.24. The third kappa shape index (κ3) is 4.94. The van der Waals surface area contributed by atoms with Crippen LogP contribution in [0.15, 0.2) is 24.5 Å². The minimum atomic E-state index is -0.456. The van der Waals surface area contributed by atoms with Crippen molar-refractivity contribution < 1.29 is 4.92 Å². The molecule has 0 spiro atoms. The van der Waals surface area contributed by atoms with Crippen molar-refractivity contribution in [2.24, 2.45) is 0 Å². The molecule has 1 aliphatic heterocycles. The van der Waals surface area contributed by atoms with Gasteiger partial charge in [-0.05, 0) is 65.2 Å². The molecule has 0 bridgehead atoms. The summed E-state index contributed by atoms with van der Waals surface area (Å²) in [5.41, 5.74) is 1.08. The van der Waals surface area contributed by atoms with Crippen molar-refractivity contribution in [1.29, 1.82) is 0 Å². The van der Waals surface area contributed by atoms with Gasteiger partial charge in [0.2, 0.25) is 11.6 Å². The quantitative estimate of drug-likeness (QED) is 0.472. The molecule has 1 fully saturated rings. The van der Waals surface area contributed by atoms with Crippen LogP contribution in [0.2, 0.25) is 5.02 Å². The minimum absolute atomic E-state index is 0.0376. The first kappa shape index (κ1) is 21.3. The van der Waals surface area contributed by atoms with E-state index < -0.39 is 4.92 Å². The van der Waals surface area contributed by atoms with E-state index in [1.165, 1.54) is 6.33 Å². The summed E-state index contributed by atoms with van der Waals surface area (Å²) in [6.07, 6.45) is 2.95. The maximum atomic E-state index is 11.9. The molecule has 0 radical (unpaired) electrons. The van der Waals surface area contributed by atoms with E-state index >= 15 is 0 Å². The van der Waals surface area contributed by atoms with Gasteiger partial charge >= 0.3 is 5.69 Å². The highest BCUT2D eigenvalue weighted by Gasteiger charge is 2.38. The van der Waals surface area contributed by atoms with Crippen LogP contribution in [0.3, 0.4) is 0 Å². The molecule has 1 aliphatic rings. The average molecular weight is 419 g/mol. The molecule has 0 aliphatic carbocycles.